The number of anilines is 1. The summed E-state index contributed by atoms with van der Waals surface area (Å²) in [6, 6.07) is 20.0. The van der Waals surface area contributed by atoms with Crippen LogP contribution >= 0.6 is 15.9 Å². The molecule has 33 heavy (non-hydrogen) atoms. The molecule has 1 heterocycles. The molecule has 170 valence electrons. The highest BCUT2D eigenvalue weighted by Crippen LogP contribution is 2.32. The summed E-state index contributed by atoms with van der Waals surface area (Å²) in [7, 11) is -3.98. The van der Waals surface area contributed by atoms with E-state index in [1.54, 1.807) is 60.7 Å². The van der Waals surface area contributed by atoms with Gasteiger partial charge < -0.3 is 9.47 Å². The topological polar surface area (TPSA) is 97.3 Å². The number of carbonyl (C=O) groups excluding carboxylic acids is 1. The molecule has 0 radical (unpaired) electrons. The number of amides is 1. The van der Waals surface area contributed by atoms with E-state index in [1.165, 1.54) is 18.3 Å². The van der Waals surface area contributed by atoms with Crippen LogP contribution in [0.5, 0.6) is 11.5 Å². The number of hydrazone groups is 1. The van der Waals surface area contributed by atoms with Crippen molar-refractivity contribution in [3.8, 4) is 11.5 Å². The van der Waals surface area contributed by atoms with Gasteiger partial charge in [0, 0.05) is 10.0 Å². The monoisotopic (exact) mass is 529 g/mol. The molecule has 0 spiro atoms. The molecule has 8 nitrogen and oxygen atoms in total. The minimum Gasteiger partial charge on any atom is -0.486 e. The molecular formula is C23H20BrN3O5S. The summed E-state index contributed by atoms with van der Waals surface area (Å²) in [6.45, 7) is 0.429. The minimum absolute atomic E-state index is 0.0808. The zero-order chi connectivity index (χ0) is 23.3. The maximum Gasteiger partial charge on any atom is 0.264 e. The lowest BCUT2D eigenvalue weighted by Crippen LogP contribution is -2.39. The van der Waals surface area contributed by atoms with Gasteiger partial charge in [0.1, 0.15) is 19.8 Å². The highest BCUT2D eigenvalue weighted by molar-refractivity contribution is 9.10. The van der Waals surface area contributed by atoms with Gasteiger partial charge in [-0.15, -0.1) is 0 Å². The predicted octanol–water partition coefficient (Wildman–Crippen LogP) is 3.57. The van der Waals surface area contributed by atoms with Crippen molar-refractivity contribution >= 4 is 43.8 Å². The van der Waals surface area contributed by atoms with Gasteiger partial charge in [-0.05, 0) is 48.5 Å². The van der Waals surface area contributed by atoms with Gasteiger partial charge in [-0.2, -0.15) is 5.10 Å². The Kier molecular flexibility index (Phi) is 6.95. The normalized spacial score (nSPS) is 13.0. The van der Waals surface area contributed by atoms with E-state index in [2.05, 4.69) is 26.5 Å². The SMILES string of the molecule is O=C(CN(c1ccc(Br)cc1)S(=O)(=O)c1ccccc1)N/N=C/c1cccc2c1OCCO2. The first-order chi connectivity index (χ1) is 15.9. The van der Waals surface area contributed by atoms with Crippen LogP contribution in [0.1, 0.15) is 5.56 Å². The van der Waals surface area contributed by atoms with E-state index >= 15 is 0 Å². The van der Waals surface area contributed by atoms with E-state index in [1.807, 2.05) is 0 Å². The van der Waals surface area contributed by atoms with Gasteiger partial charge >= 0.3 is 0 Å². The van der Waals surface area contributed by atoms with E-state index in [0.29, 0.717) is 36.0 Å². The molecule has 3 aromatic rings. The highest BCUT2D eigenvalue weighted by Gasteiger charge is 2.27. The average Bonchev–Trinajstić information content (AvgIpc) is 2.84. The molecule has 1 N–H and O–H groups in total. The Morgan fingerprint density at radius 3 is 2.48 bits per heavy atom. The molecule has 1 aliphatic heterocycles. The first-order valence-corrected chi connectivity index (χ1v) is 12.2. The maximum absolute atomic E-state index is 13.3. The second kappa shape index (κ2) is 10.1. The number of para-hydroxylation sites is 1. The number of hydrogen-bond donors (Lipinski definition) is 1. The van der Waals surface area contributed by atoms with Crippen LogP contribution in [0.3, 0.4) is 0 Å². The maximum atomic E-state index is 13.3. The van der Waals surface area contributed by atoms with Crippen LogP contribution in [0, 0.1) is 0 Å². The second-order valence-electron chi connectivity index (χ2n) is 6.97. The molecular weight excluding hydrogens is 510 g/mol. The van der Waals surface area contributed by atoms with Gasteiger partial charge in [-0.1, -0.05) is 40.2 Å². The van der Waals surface area contributed by atoms with Crippen molar-refractivity contribution < 1.29 is 22.7 Å². The van der Waals surface area contributed by atoms with Crippen molar-refractivity contribution in [3.05, 3.63) is 82.8 Å². The molecule has 0 fully saturated rings. The van der Waals surface area contributed by atoms with Crippen molar-refractivity contribution in [1.82, 2.24) is 5.43 Å². The van der Waals surface area contributed by atoms with Gasteiger partial charge in [0.2, 0.25) is 0 Å². The number of nitrogens with zero attached hydrogens (tertiary/aromatic N) is 2. The van der Waals surface area contributed by atoms with Crippen LogP contribution < -0.4 is 19.2 Å². The Labute approximate surface area is 200 Å². The summed E-state index contributed by atoms with van der Waals surface area (Å²) in [5.74, 6) is 0.549. The van der Waals surface area contributed by atoms with E-state index in [9.17, 15) is 13.2 Å². The van der Waals surface area contributed by atoms with E-state index < -0.39 is 22.5 Å². The smallest absolute Gasteiger partial charge is 0.264 e. The average molecular weight is 530 g/mol. The Morgan fingerprint density at radius 1 is 1.00 bits per heavy atom. The van der Waals surface area contributed by atoms with Crippen molar-refractivity contribution in [2.24, 2.45) is 5.10 Å². The Balaban J connectivity index is 1.54. The van der Waals surface area contributed by atoms with Crippen LogP contribution in [0.4, 0.5) is 5.69 Å². The van der Waals surface area contributed by atoms with Gasteiger partial charge in [0.15, 0.2) is 11.5 Å². The molecule has 4 rings (SSSR count). The van der Waals surface area contributed by atoms with Crippen LogP contribution in [0.15, 0.2) is 87.3 Å². The summed E-state index contributed by atoms with van der Waals surface area (Å²) < 4.78 is 39.5. The number of rotatable bonds is 7. The molecule has 3 aromatic carbocycles. The minimum atomic E-state index is -3.98. The predicted molar refractivity (Wildman–Crippen MR) is 128 cm³/mol. The lowest BCUT2D eigenvalue weighted by molar-refractivity contribution is -0.119. The summed E-state index contributed by atoms with van der Waals surface area (Å²) in [5.41, 5.74) is 3.38. The first-order valence-electron chi connectivity index (χ1n) is 9.99. The molecule has 0 saturated carbocycles. The number of ether oxygens (including phenoxy) is 2. The van der Waals surface area contributed by atoms with E-state index in [4.69, 9.17) is 9.47 Å². The largest absolute Gasteiger partial charge is 0.486 e. The molecule has 0 bridgehead atoms. The number of halogens is 1. The van der Waals surface area contributed by atoms with Gasteiger partial charge in [-0.25, -0.2) is 13.8 Å². The van der Waals surface area contributed by atoms with Crippen LogP contribution in [0.2, 0.25) is 0 Å². The molecule has 0 unspecified atom stereocenters. The fourth-order valence-electron chi connectivity index (χ4n) is 3.18. The van der Waals surface area contributed by atoms with Crippen LogP contribution in [0.25, 0.3) is 0 Å². The van der Waals surface area contributed by atoms with E-state index in [-0.39, 0.29) is 4.90 Å². The molecule has 0 atom stereocenters. The van der Waals surface area contributed by atoms with Crippen molar-refractivity contribution in [3.63, 3.8) is 0 Å². The fourth-order valence-corrected chi connectivity index (χ4v) is 4.89. The van der Waals surface area contributed by atoms with Crippen LogP contribution in [-0.4, -0.2) is 40.3 Å². The summed E-state index contributed by atoms with van der Waals surface area (Å²) in [5, 5.41) is 3.98. The van der Waals surface area contributed by atoms with Gasteiger partial charge in [-0.3, -0.25) is 9.10 Å². The van der Waals surface area contributed by atoms with Gasteiger partial charge in [0.05, 0.1) is 16.8 Å². The van der Waals surface area contributed by atoms with Crippen LogP contribution in [-0.2, 0) is 14.8 Å². The number of hydrogen-bond acceptors (Lipinski definition) is 6. The molecule has 0 aromatic heterocycles. The lowest BCUT2D eigenvalue weighted by Gasteiger charge is -2.23. The lowest BCUT2D eigenvalue weighted by atomic mass is 10.2. The van der Waals surface area contributed by atoms with Crippen molar-refractivity contribution in [1.29, 1.82) is 0 Å². The third-order valence-electron chi connectivity index (χ3n) is 4.72. The van der Waals surface area contributed by atoms with Gasteiger partial charge in [0.25, 0.3) is 15.9 Å². The number of carbonyl (C=O) groups is 1. The van der Waals surface area contributed by atoms with Crippen molar-refractivity contribution in [2.75, 3.05) is 24.1 Å². The summed E-state index contributed by atoms with van der Waals surface area (Å²) >= 11 is 3.34. The Morgan fingerprint density at radius 2 is 1.73 bits per heavy atom. The first kappa shape index (κ1) is 22.8. The number of nitrogens with one attached hydrogen (secondary N) is 1. The number of benzene rings is 3. The third-order valence-corrected chi connectivity index (χ3v) is 7.04. The number of fused-ring (bicyclic) bond motifs is 1. The highest BCUT2D eigenvalue weighted by atomic mass is 79.9. The van der Waals surface area contributed by atoms with E-state index in [0.717, 1.165) is 8.78 Å². The molecule has 10 heteroatoms. The zero-order valence-corrected chi connectivity index (χ0v) is 19.8. The third kappa shape index (κ3) is 5.35. The standard InChI is InChI=1S/C23H20BrN3O5S/c24-18-9-11-19(12-10-18)27(33(29,30)20-6-2-1-3-7-20)16-22(28)26-25-15-17-5-4-8-21-23(17)32-14-13-31-21/h1-12,15H,13-14,16H2,(H,26,28)/b25-15+. The zero-order valence-electron chi connectivity index (χ0n) is 17.3. The summed E-state index contributed by atoms with van der Waals surface area (Å²) in [6.07, 6.45) is 1.43. The molecule has 0 saturated heterocycles. The molecule has 1 amide bonds. The Hall–Kier alpha value is -3.37. The number of sulfonamides is 1. The quantitative estimate of drug-likeness (QED) is 0.372. The Bertz CT molecular complexity index is 1270. The molecule has 0 aliphatic carbocycles. The second-order valence-corrected chi connectivity index (χ2v) is 9.74. The summed E-state index contributed by atoms with van der Waals surface area (Å²) in [4.78, 5) is 12.7. The molecule has 1 aliphatic rings. The fraction of sp³-hybridized carbons (Fsp3) is 0.130. The van der Waals surface area contributed by atoms with Crippen molar-refractivity contribution in [2.45, 2.75) is 4.90 Å².